The molecular weight excluding hydrogens is 396 g/mol. The molecule has 0 amide bonds. The molecule has 2 unspecified atom stereocenters. The number of ether oxygens (including phenoxy) is 4. The molecule has 1 aromatic rings. The fourth-order valence-electron chi connectivity index (χ4n) is 2.28. The van der Waals surface area contributed by atoms with Crippen molar-refractivity contribution in [2.75, 3.05) is 27.4 Å². The van der Waals surface area contributed by atoms with Crippen LogP contribution in [0.25, 0.3) is 0 Å². The van der Waals surface area contributed by atoms with Gasteiger partial charge in [0.15, 0.2) is 0 Å². The van der Waals surface area contributed by atoms with Gasteiger partial charge in [-0.2, -0.15) is 10.5 Å². The molecule has 0 aliphatic carbocycles. The van der Waals surface area contributed by atoms with E-state index < -0.39 is 0 Å². The first-order chi connectivity index (χ1) is 13.5. The number of hydrogen-bond donors (Lipinski definition) is 0. The zero-order valence-corrected chi connectivity index (χ0v) is 18.1. The normalized spacial score (nSPS) is 14.6. The van der Waals surface area contributed by atoms with Gasteiger partial charge < -0.3 is 18.9 Å². The quantitative estimate of drug-likeness (QED) is 0.501. The van der Waals surface area contributed by atoms with Gasteiger partial charge in [0.05, 0.1) is 39.4 Å². The molecule has 28 heavy (non-hydrogen) atoms. The standard InChI is InChI=1S/C20H24N2O4S2/c1-13(23-3)7-9-25-16-5-6-17(26-10-8-14(2)24-4)19-18(16)27-20(28-19)15(11-21)12-22/h5-6,13-14H,7-10H2,1-4H3. The highest BCUT2D eigenvalue weighted by Crippen LogP contribution is 2.58. The number of nitriles is 2. The maximum atomic E-state index is 9.22. The Hall–Kier alpha value is -1.84. The Labute approximate surface area is 174 Å². The van der Waals surface area contributed by atoms with Crippen molar-refractivity contribution >= 4 is 23.5 Å². The number of thioether (sulfide) groups is 2. The number of allylic oxidation sites excluding steroid dienone is 1. The van der Waals surface area contributed by atoms with Crippen molar-refractivity contribution in [1.29, 1.82) is 10.5 Å². The first kappa shape index (κ1) is 22.4. The fraction of sp³-hybridized carbons (Fsp3) is 0.500. The molecule has 0 saturated heterocycles. The zero-order chi connectivity index (χ0) is 20.5. The molecule has 6 nitrogen and oxygen atoms in total. The lowest BCUT2D eigenvalue weighted by molar-refractivity contribution is 0.0939. The third-order valence-electron chi connectivity index (χ3n) is 4.23. The Balaban J connectivity index is 2.22. The van der Waals surface area contributed by atoms with Crippen molar-refractivity contribution in [2.24, 2.45) is 0 Å². The molecule has 0 aromatic heterocycles. The van der Waals surface area contributed by atoms with Crippen LogP contribution in [0, 0.1) is 22.7 Å². The predicted octanol–water partition coefficient (Wildman–Crippen LogP) is 4.75. The van der Waals surface area contributed by atoms with Gasteiger partial charge in [0.1, 0.15) is 29.2 Å². The summed E-state index contributed by atoms with van der Waals surface area (Å²) in [6.45, 7) is 5.01. The minimum absolute atomic E-state index is 0.101. The molecule has 8 heteroatoms. The molecular formula is C20H24N2O4S2. The number of fused-ring (bicyclic) bond motifs is 1. The molecule has 0 fully saturated rings. The summed E-state index contributed by atoms with van der Waals surface area (Å²) in [6.07, 6.45) is 1.75. The van der Waals surface area contributed by atoms with Crippen molar-refractivity contribution in [1.82, 2.24) is 0 Å². The third-order valence-corrected chi connectivity index (χ3v) is 6.85. The van der Waals surface area contributed by atoms with Crippen LogP contribution < -0.4 is 9.47 Å². The Kier molecular flexibility index (Phi) is 9.01. The van der Waals surface area contributed by atoms with E-state index in [0.717, 1.165) is 34.1 Å². The molecule has 2 rings (SSSR count). The number of nitrogens with zero attached hydrogens (tertiary/aromatic N) is 2. The summed E-state index contributed by atoms with van der Waals surface area (Å²) in [5.74, 6) is 1.44. The third kappa shape index (κ3) is 5.83. The summed E-state index contributed by atoms with van der Waals surface area (Å²) in [5.41, 5.74) is 0.101. The summed E-state index contributed by atoms with van der Waals surface area (Å²) in [5, 5.41) is 18.4. The number of hydrogen-bond acceptors (Lipinski definition) is 8. The van der Waals surface area contributed by atoms with Crippen molar-refractivity contribution < 1.29 is 18.9 Å². The molecule has 1 aliphatic heterocycles. The van der Waals surface area contributed by atoms with Crippen LogP contribution in [0.3, 0.4) is 0 Å². The fourth-order valence-corrected chi connectivity index (χ4v) is 4.79. The molecule has 0 saturated carbocycles. The summed E-state index contributed by atoms with van der Waals surface area (Å²) < 4.78 is 23.1. The predicted molar refractivity (Wildman–Crippen MR) is 110 cm³/mol. The van der Waals surface area contributed by atoms with Gasteiger partial charge in [0.2, 0.25) is 0 Å². The molecule has 0 radical (unpaired) electrons. The highest BCUT2D eigenvalue weighted by Gasteiger charge is 2.28. The van der Waals surface area contributed by atoms with Crippen LogP contribution >= 0.6 is 23.5 Å². The first-order valence-electron chi connectivity index (χ1n) is 8.92. The van der Waals surface area contributed by atoms with Gasteiger partial charge in [0.25, 0.3) is 0 Å². The summed E-state index contributed by atoms with van der Waals surface area (Å²) >= 11 is 2.76. The average Bonchev–Trinajstić information content (AvgIpc) is 3.15. The molecule has 1 aromatic carbocycles. The van der Waals surface area contributed by atoms with Gasteiger partial charge in [0, 0.05) is 27.1 Å². The average molecular weight is 421 g/mol. The van der Waals surface area contributed by atoms with E-state index in [2.05, 4.69) is 0 Å². The van der Waals surface area contributed by atoms with E-state index in [9.17, 15) is 10.5 Å². The van der Waals surface area contributed by atoms with E-state index in [1.807, 2.05) is 38.1 Å². The monoisotopic (exact) mass is 420 g/mol. The van der Waals surface area contributed by atoms with Crippen LogP contribution in [0.15, 0.2) is 31.7 Å². The summed E-state index contributed by atoms with van der Waals surface area (Å²) in [7, 11) is 3.35. The number of methoxy groups -OCH3 is 2. The number of rotatable bonds is 10. The van der Waals surface area contributed by atoms with Gasteiger partial charge in [-0.3, -0.25) is 0 Å². The minimum atomic E-state index is 0.101. The SMILES string of the molecule is COC(C)CCOc1ccc(OCCC(C)OC)c2c1SC(=C(C#N)C#N)S2. The van der Waals surface area contributed by atoms with Crippen molar-refractivity contribution in [3.05, 3.63) is 21.9 Å². The first-order valence-corrected chi connectivity index (χ1v) is 10.6. The van der Waals surface area contributed by atoms with Crippen LogP contribution in [0.1, 0.15) is 26.7 Å². The van der Waals surface area contributed by atoms with Crippen molar-refractivity contribution in [3.8, 4) is 23.6 Å². The van der Waals surface area contributed by atoms with E-state index >= 15 is 0 Å². The van der Waals surface area contributed by atoms with E-state index in [-0.39, 0.29) is 17.8 Å². The van der Waals surface area contributed by atoms with Crippen LogP contribution in [-0.2, 0) is 9.47 Å². The van der Waals surface area contributed by atoms with Crippen LogP contribution in [0.2, 0.25) is 0 Å². The van der Waals surface area contributed by atoms with Gasteiger partial charge in [-0.05, 0) is 26.0 Å². The second-order valence-electron chi connectivity index (χ2n) is 6.18. The van der Waals surface area contributed by atoms with Gasteiger partial charge in [-0.15, -0.1) is 0 Å². The van der Waals surface area contributed by atoms with E-state index in [1.54, 1.807) is 14.2 Å². The second-order valence-corrected chi connectivity index (χ2v) is 8.48. The summed E-state index contributed by atoms with van der Waals surface area (Å²) in [6, 6.07) is 7.67. The molecule has 0 spiro atoms. The van der Waals surface area contributed by atoms with Gasteiger partial charge in [-0.25, -0.2) is 0 Å². The Bertz CT molecular complexity index is 736. The lowest BCUT2D eigenvalue weighted by atomic mass is 10.3. The topological polar surface area (TPSA) is 84.5 Å². The second kappa shape index (κ2) is 11.2. The smallest absolute Gasteiger partial charge is 0.150 e. The van der Waals surface area contributed by atoms with Crippen LogP contribution in [0.4, 0.5) is 0 Å². The summed E-state index contributed by atoms with van der Waals surface area (Å²) in [4.78, 5) is 1.76. The minimum Gasteiger partial charge on any atom is -0.492 e. The van der Waals surface area contributed by atoms with Gasteiger partial charge >= 0.3 is 0 Å². The molecule has 1 aliphatic rings. The van der Waals surface area contributed by atoms with Crippen molar-refractivity contribution in [3.63, 3.8) is 0 Å². The lowest BCUT2D eigenvalue weighted by Gasteiger charge is -2.15. The Morgan fingerprint density at radius 3 is 1.68 bits per heavy atom. The Morgan fingerprint density at radius 1 is 0.893 bits per heavy atom. The van der Waals surface area contributed by atoms with Gasteiger partial charge in [-0.1, -0.05) is 23.5 Å². The maximum Gasteiger partial charge on any atom is 0.150 e. The van der Waals surface area contributed by atoms with Crippen LogP contribution in [0.5, 0.6) is 11.5 Å². The maximum absolute atomic E-state index is 9.22. The molecule has 150 valence electrons. The van der Waals surface area contributed by atoms with E-state index in [0.29, 0.717) is 17.5 Å². The zero-order valence-electron chi connectivity index (χ0n) is 16.5. The largest absolute Gasteiger partial charge is 0.492 e. The molecule has 0 N–H and O–H groups in total. The lowest BCUT2D eigenvalue weighted by Crippen LogP contribution is -2.11. The highest BCUT2D eigenvalue weighted by molar-refractivity contribution is 8.24. The van der Waals surface area contributed by atoms with E-state index in [1.165, 1.54) is 23.5 Å². The number of benzene rings is 1. The molecule has 1 heterocycles. The highest BCUT2D eigenvalue weighted by atomic mass is 32.2. The molecule has 2 atom stereocenters. The van der Waals surface area contributed by atoms with Crippen molar-refractivity contribution in [2.45, 2.75) is 48.7 Å². The Morgan fingerprint density at radius 2 is 1.32 bits per heavy atom. The van der Waals surface area contributed by atoms with Crippen LogP contribution in [-0.4, -0.2) is 39.6 Å². The van der Waals surface area contributed by atoms with E-state index in [4.69, 9.17) is 18.9 Å². The molecule has 0 bridgehead atoms.